The Balaban J connectivity index is 1.26. The molecule has 0 unspecified atom stereocenters. The molecule has 1 saturated heterocycles. The zero-order chi connectivity index (χ0) is 24.5. The Morgan fingerprint density at radius 1 is 1.06 bits per heavy atom. The lowest BCUT2D eigenvalue weighted by atomic mass is 9.95. The summed E-state index contributed by atoms with van der Waals surface area (Å²) in [5.41, 5.74) is 5.62. The Labute approximate surface area is 202 Å². The molecule has 1 fully saturated rings. The summed E-state index contributed by atoms with van der Waals surface area (Å²) < 4.78 is 28.8. The van der Waals surface area contributed by atoms with Gasteiger partial charge in [-0.2, -0.15) is 5.10 Å². The van der Waals surface area contributed by atoms with E-state index in [0.717, 1.165) is 28.7 Å². The number of benzene rings is 2. The van der Waals surface area contributed by atoms with Crippen LogP contribution < -0.4 is 10.2 Å². The maximum absolute atomic E-state index is 13.8. The fourth-order valence-corrected chi connectivity index (χ4v) is 4.54. The second kappa shape index (κ2) is 9.44. The molecule has 35 heavy (non-hydrogen) atoms. The first kappa shape index (κ1) is 23.0. The number of nitrogens with one attached hydrogen (secondary N) is 1. The summed E-state index contributed by atoms with van der Waals surface area (Å²) in [4.78, 5) is 19.5. The van der Waals surface area contributed by atoms with E-state index in [1.807, 2.05) is 10.7 Å². The summed E-state index contributed by atoms with van der Waals surface area (Å²) in [5.74, 6) is -0.707. The minimum atomic E-state index is -0.653. The van der Waals surface area contributed by atoms with Gasteiger partial charge in [0.05, 0.1) is 5.69 Å². The molecule has 2 aromatic heterocycles. The molecule has 6 nitrogen and oxygen atoms in total. The zero-order valence-electron chi connectivity index (χ0n) is 19.8. The lowest BCUT2D eigenvalue weighted by Crippen LogP contribution is -2.40. The summed E-state index contributed by atoms with van der Waals surface area (Å²) in [7, 11) is 0. The maximum Gasteiger partial charge on any atom is 0.223 e. The van der Waals surface area contributed by atoms with Crippen molar-refractivity contribution in [2.24, 2.45) is 5.92 Å². The highest BCUT2D eigenvalue weighted by molar-refractivity contribution is 5.80. The van der Waals surface area contributed by atoms with Gasteiger partial charge in [-0.3, -0.25) is 4.79 Å². The van der Waals surface area contributed by atoms with E-state index >= 15 is 0 Å². The Hall–Kier alpha value is -3.81. The van der Waals surface area contributed by atoms with E-state index < -0.39 is 11.6 Å². The Bertz CT molecular complexity index is 1390. The van der Waals surface area contributed by atoms with E-state index in [-0.39, 0.29) is 23.9 Å². The van der Waals surface area contributed by atoms with Gasteiger partial charge in [-0.05, 0) is 56.0 Å². The predicted octanol–water partition coefficient (Wildman–Crippen LogP) is 4.82. The molecule has 1 aliphatic rings. The van der Waals surface area contributed by atoms with E-state index in [2.05, 4.69) is 53.3 Å². The number of hydrogen-bond acceptors (Lipinski definition) is 4. The first-order chi connectivity index (χ1) is 16.9. The van der Waals surface area contributed by atoms with Crippen LogP contribution in [0, 0.1) is 31.4 Å². The second-order valence-corrected chi connectivity index (χ2v) is 9.12. The van der Waals surface area contributed by atoms with Crippen LogP contribution >= 0.6 is 0 Å². The van der Waals surface area contributed by atoms with Gasteiger partial charge in [0.2, 0.25) is 5.91 Å². The first-order valence-corrected chi connectivity index (χ1v) is 11.8. The molecule has 5 rings (SSSR count). The van der Waals surface area contributed by atoms with Crippen molar-refractivity contribution in [3.05, 3.63) is 83.2 Å². The highest BCUT2D eigenvalue weighted by Gasteiger charge is 2.27. The van der Waals surface area contributed by atoms with Crippen molar-refractivity contribution in [3.8, 4) is 11.3 Å². The molecule has 0 spiro atoms. The number of anilines is 1. The number of rotatable bonds is 5. The molecule has 4 aromatic rings. The molecule has 1 N–H and O–H groups in total. The van der Waals surface area contributed by atoms with Crippen LogP contribution in [0.2, 0.25) is 0 Å². The van der Waals surface area contributed by atoms with Gasteiger partial charge in [0.1, 0.15) is 17.2 Å². The number of fused-ring (bicyclic) bond motifs is 1. The van der Waals surface area contributed by atoms with Crippen molar-refractivity contribution in [2.75, 3.05) is 18.0 Å². The van der Waals surface area contributed by atoms with Crippen molar-refractivity contribution >= 4 is 17.2 Å². The second-order valence-electron chi connectivity index (χ2n) is 9.12. The Morgan fingerprint density at radius 2 is 1.86 bits per heavy atom. The van der Waals surface area contributed by atoms with Crippen molar-refractivity contribution < 1.29 is 13.6 Å². The van der Waals surface area contributed by atoms with E-state index in [4.69, 9.17) is 5.10 Å². The molecule has 0 saturated carbocycles. The average molecular weight is 476 g/mol. The third kappa shape index (κ3) is 4.73. The van der Waals surface area contributed by atoms with Crippen LogP contribution in [0.1, 0.15) is 29.5 Å². The quantitative estimate of drug-likeness (QED) is 0.449. The molecule has 1 aliphatic heterocycles. The molecule has 0 aliphatic carbocycles. The largest absolute Gasteiger partial charge is 0.355 e. The first-order valence-electron chi connectivity index (χ1n) is 11.8. The standard InChI is InChI=1S/C27H27F2N5O/c1-17-3-4-20(13-18(17)2)24-15-25-26(30-9-12-34(25)32-24)33-10-7-19(8-11-33)27(35)31-16-21-5-6-22(28)14-23(21)29/h3-6,9,12-15,19H,7-8,10-11,16H2,1-2H3,(H,31,35). The van der Waals surface area contributed by atoms with Gasteiger partial charge in [-0.15, -0.1) is 0 Å². The fraction of sp³-hybridized carbons (Fsp3) is 0.296. The molecule has 1 amide bonds. The van der Waals surface area contributed by atoms with Gasteiger partial charge >= 0.3 is 0 Å². The average Bonchev–Trinajstić information content (AvgIpc) is 3.30. The molecule has 3 heterocycles. The minimum Gasteiger partial charge on any atom is -0.355 e. The molecular formula is C27H27F2N5O. The molecule has 0 atom stereocenters. The van der Waals surface area contributed by atoms with E-state index in [1.54, 1.807) is 6.20 Å². The number of carbonyl (C=O) groups excluding carboxylic acids is 1. The Kier molecular flexibility index (Phi) is 6.19. The molecule has 0 radical (unpaired) electrons. The van der Waals surface area contributed by atoms with Crippen LogP contribution in [0.15, 0.2) is 54.9 Å². The van der Waals surface area contributed by atoms with Crippen LogP contribution in [0.25, 0.3) is 16.8 Å². The van der Waals surface area contributed by atoms with Crippen LogP contribution in [0.5, 0.6) is 0 Å². The van der Waals surface area contributed by atoms with Crippen molar-refractivity contribution in [1.29, 1.82) is 0 Å². The third-order valence-electron chi connectivity index (χ3n) is 6.81. The SMILES string of the molecule is Cc1ccc(-c2cc3c(N4CCC(C(=O)NCc5ccc(F)cc5F)CC4)nccn3n2)cc1C. The van der Waals surface area contributed by atoms with Crippen LogP contribution in [-0.4, -0.2) is 33.6 Å². The number of amides is 1. The maximum atomic E-state index is 13.8. The fourth-order valence-electron chi connectivity index (χ4n) is 4.54. The van der Waals surface area contributed by atoms with Crippen LogP contribution in [0.3, 0.4) is 0 Å². The van der Waals surface area contributed by atoms with E-state index in [0.29, 0.717) is 25.9 Å². The van der Waals surface area contributed by atoms with Gasteiger partial charge < -0.3 is 10.2 Å². The predicted molar refractivity (Wildman–Crippen MR) is 131 cm³/mol. The lowest BCUT2D eigenvalue weighted by Gasteiger charge is -2.32. The number of halogens is 2. The zero-order valence-corrected chi connectivity index (χ0v) is 19.8. The van der Waals surface area contributed by atoms with Gasteiger partial charge in [-0.1, -0.05) is 18.2 Å². The lowest BCUT2D eigenvalue weighted by molar-refractivity contribution is -0.125. The van der Waals surface area contributed by atoms with Crippen LogP contribution in [-0.2, 0) is 11.3 Å². The molecule has 8 heteroatoms. The number of piperidine rings is 1. The smallest absolute Gasteiger partial charge is 0.223 e. The number of hydrogen-bond donors (Lipinski definition) is 1. The van der Waals surface area contributed by atoms with Crippen LogP contribution in [0.4, 0.5) is 14.6 Å². The highest BCUT2D eigenvalue weighted by Crippen LogP contribution is 2.29. The van der Waals surface area contributed by atoms with Crippen molar-refractivity contribution in [1.82, 2.24) is 19.9 Å². The monoisotopic (exact) mass is 475 g/mol. The summed E-state index contributed by atoms with van der Waals surface area (Å²) in [6.07, 6.45) is 4.92. The summed E-state index contributed by atoms with van der Waals surface area (Å²) >= 11 is 0. The van der Waals surface area contributed by atoms with E-state index in [1.165, 1.54) is 23.3 Å². The normalized spacial score (nSPS) is 14.5. The van der Waals surface area contributed by atoms with Gasteiger partial charge in [-0.25, -0.2) is 18.3 Å². The van der Waals surface area contributed by atoms with Gasteiger partial charge in [0, 0.05) is 55.1 Å². The molecule has 2 aromatic carbocycles. The molecular weight excluding hydrogens is 448 g/mol. The van der Waals surface area contributed by atoms with Crippen molar-refractivity contribution in [3.63, 3.8) is 0 Å². The number of carbonyl (C=O) groups is 1. The summed E-state index contributed by atoms with van der Waals surface area (Å²) in [5, 5.41) is 7.54. The number of aryl methyl sites for hydroxylation is 2. The van der Waals surface area contributed by atoms with Crippen molar-refractivity contribution in [2.45, 2.75) is 33.2 Å². The van der Waals surface area contributed by atoms with E-state index in [9.17, 15) is 13.6 Å². The summed E-state index contributed by atoms with van der Waals surface area (Å²) in [6, 6.07) is 11.8. The molecule has 0 bridgehead atoms. The minimum absolute atomic E-state index is 0.0448. The van der Waals surface area contributed by atoms with Gasteiger partial charge in [0.15, 0.2) is 5.82 Å². The number of aromatic nitrogens is 3. The summed E-state index contributed by atoms with van der Waals surface area (Å²) in [6.45, 7) is 5.59. The molecule has 180 valence electrons. The Morgan fingerprint density at radius 3 is 2.60 bits per heavy atom. The topological polar surface area (TPSA) is 62.5 Å². The third-order valence-corrected chi connectivity index (χ3v) is 6.81. The number of nitrogens with zero attached hydrogens (tertiary/aromatic N) is 4. The highest BCUT2D eigenvalue weighted by atomic mass is 19.1. The van der Waals surface area contributed by atoms with Gasteiger partial charge in [0.25, 0.3) is 0 Å².